The second-order valence-electron chi connectivity index (χ2n) is 10.5. The van der Waals surface area contributed by atoms with Gasteiger partial charge in [0.1, 0.15) is 23.3 Å². The first-order valence-corrected chi connectivity index (χ1v) is 13.1. The molecule has 0 saturated carbocycles. The monoisotopic (exact) mass is 560 g/mol. The van der Waals surface area contributed by atoms with Crippen molar-refractivity contribution in [3.05, 3.63) is 25.3 Å². The maximum atomic E-state index is 11.6. The van der Waals surface area contributed by atoms with Crippen LogP contribution in [0.15, 0.2) is 25.3 Å². The smallest absolute Gasteiger partial charge is 0.408 e. The van der Waals surface area contributed by atoms with Crippen LogP contribution in [0.5, 0.6) is 0 Å². The fourth-order valence-electron chi connectivity index (χ4n) is 2.18. The summed E-state index contributed by atoms with van der Waals surface area (Å²) < 4.78 is 14.9. The van der Waals surface area contributed by atoms with Gasteiger partial charge in [-0.3, -0.25) is 4.79 Å². The number of ether oxygens (including phenoxy) is 3. The Labute approximate surface area is 234 Å². The lowest BCUT2D eigenvalue weighted by molar-refractivity contribution is -0.145. The minimum Gasteiger partial charge on any atom is -0.480 e. The van der Waals surface area contributed by atoms with Crippen LogP contribution < -0.4 is 10.6 Å². The zero-order valence-corrected chi connectivity index (χ0v) is 25.1. The van der Waals surface area contributed by atoms with Crippen molar-refractivity contribution in [1.82, 2.24) is 10.6 Å². The minimum atomic E-state index is -1.09. The van der Waals surface area contributed by atoms with E-state index in [-0.39, 0.29) is 0 Å². The topological polar surface area (TPSA) is 160 Å². The quantitative estimate of drug-likeness (QED) is 0.104. The molecule has 0 aliphatic rings. The van der Waals surface area contributed by atoms with Crippen LogP contribution in [0.2, 0.25) is 0 Å². The van der Waals surface area contributed by atoms with Crippen molar-refractivity contribution in [3.8, 4) is 0 Å². The molecule has 0 saturated heterocycles. The molecule has 0 aliphatic heterocycles. The number of aliphatic carboxylic acids is 1. The van der Waals surface area contributed by atoms with Crippen LogP contribution in [0.4, 0.5) is 9.59 Å². The third-order valence-electron chi connectivity index (χ3n) is 4.05. The average Bonchev–Trinajstić information content (AvgIpc) is 2.77. The summed E-state index contributed by atoms with van der Waals surface area (Å²) in [6.45, 7) is 21.2. The van der Waals surface area contributed by atoms with Crippen LogP contribution in [-0.4, -0.2) is 70.8 Å². The first kappa shape index (κ1) is 40.4. The van der Waals surface area contributed by atoms with Gasteiger partial charge in [-0.15, -0.1) is 13.2 Å². The molecular formula is C28H52N2O9. The number of hydrogen-bond acceptors (Lipinski definition) is 8. The van der Waals surface area contributed by atoms with Crippen molar-refractivity contribution in [3.63, 3.8) is 0 Å². The third kappa shape index (κ3) is 32.9. The number of esters is 1. The Morgan fingerprint density at radius 1 is 0.769 bits per heavy atom. The molecule has 0 aromatic rings. The SMILES string of the molecule is C=CCCCCO.C=CCCCCOC(=O)[C@H](C)NC(=O)OC(C)(C)C.C[C@H](NC(=O)OC(C)(C)C)C(=O)O. The summed E-state index contributed by atoms with van der Waals surface area (Å²) in [6.07, 6.45) is 7.99. The van der Waals surface area contributed by atoms with E-state index < -0.39 is 47.4 Å². The fourth-order valence-corrected chi connectivity index (χ4v) is 2.18. The summed E-state index contributed by atoms with van der Waals surface area (Å²) in [6, 6.07) is -1.65. The predicted molar refractivity (Wildman–Crippen MR) is 151 cm³/mol. The highest BCUT2D eigenvalue weighted by Crippen LogP contribution is 2.07. The normalized spacial score (nSPS) is 12.0. The van der Waals surface area contributed by atoms with Crippen molar-refractivity contribution in [2.24, 2.45) is 0 Å². The molecule has 0 spiro atoms. The lowest BCUT2D eigenvalue weighted by atomic mass is 10.2. The van der Waals surface area contributed by atoms with E-state index in [9.17, 15) is 19.2 Å². The number of carbonyl (C=O) groups excluding carboxylic acids is 3. The van der Waals surface area contributed by atoms with Gasteiger partial charge in [-0.2, -0.15) is 0 Å². The molecule has 0 aromatic heterocycles. The molecule has 4 N–H and O–H groups in total. The predicted octanol–water partition coefficient (Wildman–Crippen LogP) is 5.12. The Bertz CT molecular complexity index is 726. The number of aliphatic hydroxyl groups excluding tert-OH is 1. The van der Waals surface area contributed by atoms with Gasteiger partial charge in [0.05, 0.1) is 6.61 Å². The summed E-state index contributed by atoms with van der Waals surface area (Å²) in [4.78, 5) is 44.3. The van der Waals surface area contributed by atoms with E-state index in [1.807, 2.05) is 12.2 Å². The number of carbonyl (C=O) groups is 4. The first-order valence-electron chi connectivity index (χ1n) is 13.1. The first-order chi connectivity index (χ1) is 17.9. The van der Waals surface area contributed by atoms with Crippen LogP contribution >= 0.6 is 0 Å². The van der Waals surface area contributed by atoms with Crippen molar-refractivity contribution in [2.45, 2.75) is 117 Å². The van der Waals surface area contributed by atoms with Gasteiger partial charge in [0.2, 0.25) is 0 Å². The van der Waals surface area contributed by atoms with Gasteiger partial charge in [0, 0.05) is 6.61 Å². The second kappa shape index (κ2) is 22.9. The number of carboxylic acids is 1. The zero-order chi connectivity index (χ0) is 31.1. The van der Waals surface area contributed by atoms with E-state index >= 15 is 0 Å². The fraction of sp³-hybridized carbons (Fsp3) is 0.714. The number of amides is 2. The van der Waals surface area contributed by atoms with E-state index in [1.165, 1.54) is 6.92 Å². The summed E-state index contributed by atoms with van der Waals surface area (Å²) in [5.74, 6) is -1.55. The maximum Gasteiger partial charge on any atom is 0.408 e. The van der Waals surface area contributed by atoms with E-state index in [0.717, 1.165) is 38.5 Å². The molecule has 0 radical (unpaired) electrons. The molecule has 0 rings (SSSR count). The van der Waals surface area contributed by atoms with Gasteiger partial charge in [-0.1, -0.05) is 12.2 Å². The van der Waals surface area contributed by atoms with Gasteiger partial charge in [-0.25, -0.2) is 14.4 Å². The second-order valence-corrected chi connectivity index (χ2v) is 10.5. The Balaban J connectivity index is -0.000000558. The van der Waals surface area contributed by atoms with Crippen molar-refractivity contribution < 1.29 is 43.6 Å². The molecule has 0 aromatic carbocycles. The number of hydrogen-bond donors (Lipinski definition) is 4. The summed E-state index contributed by atoms with van der Waals surface area (Å²) in [5, 5.41) is 21.3. The van der Waals surface area contributed by atoms with Crippen molar-refractivity contribution in [2.75, 3.05) is 13.2 Å². The molecule has 0 aliphatic carbocycles. The highest BCUT2D eigenvalue weighted by molar-refractivity contribution is 5.81. The number of aliphatic hydroxyl groups is 1. The number of unbranched alkanes of at least 4 members (excludes halogenated alkanes) is 4. The lowest BCUT2D eigenvalue weighted by Gasteiger charge is -2.21. The standard InChI is InChI=1S/C14H25NO4.C8H15NO4.C6H12O/c1-6-7-8-9-10-18-12(16)11(2)15-13(17)19-14(3,4)5;1-5(6(10)11)9-7(12)13-8(2,3)4;1-2-3-4-5-6-7/h6,11H,1,7-10H2,2-5H3,(H,15,17);5H,1-4H3,(H,9,12)(H,10,11);2,7H,1,3-6H2/t11-;5-;/m00./s1. The Morgan fingerprint density at radius 2 is 1.18 bits per heavy atom. The molecule has 2 amide bonds. The molecule has 0 fully saturated rings. The number of alkyl carbamates (subject to hydrolysis) is 2. The molecular weight excluding hydrogens is 508 g/mol. The maximum absolute atomic E-state index is 11.6. The number of rotatable bonds is 13. The van der Waals surface area contributed by atoms with Gasteiger partial charge >= 0.3 is 24.1 Å². The van der Waals surface area contributed by atoms with Gasteiger partial charge in [-0.05, 0) is 93.9 Å². The molecule has 0 heterocycles. The van der Waals surface area contributed by atoms with E-state index in [4.69, 9.17) is 24.4 Å². The number of nitrogens with one attached hydrogen (secondary N) is 2. The average molecular weight is 561 g/mol. The highest BCUT2D eigenvalue weighted by atomic mass is 16.6. The summed E-state index contributed by atoms with van der Waals surface area (Å²) >= 11 is 0. The molecule has 2 atom stereocenters. The van der Waals surface area contributed by atoms with Crippen LogP contribution in [0.1, 0.15) is 93.9 Å². The van der Waals surface area contributed by atoms with E-state index in [2.05, 4.69) is 23.8 Å². The number of carboxylic acid groups (broad SMARTS) is 1. The van der Waals surface area contributed by atoms with Gasteiger partial charge in [0.25, 0.3) is 0 Å². The Morgan fingerprint density at radius 3 is 1.54 bits per heavy atom. The molecule has 0 bridgehead atoms. The highest BCUT2D eigenvalue weighted by Gasteiger charge is 2.22. The summed E-state index contributed by atoms with van der Waals surface area (Å²) in [7, 11) is 0. The van der Waals surface area contributed by atoms with E-state index in [0.29, 0.717) is 13.2 Å². The zero-order valence-electron chi connectivity index (χ0n) is 25.1. The molecule has 39 heavy (non-hydrogen) atoms. The van der Waals surface area contributed by atoms with Crippen LogP contribution in [0.3, 0.4) is 0 Å². The van der Waals surface area contributed by atoms with Crippen LogP contribution in [-0.2, 0) is 23.8 Å². The third-order valence-corrected chi connectivity index (χ3v) is 4.05. The molecule has 228 valence electrons. The van der Waals surface area contributed by atoms with Crippen LogP contribution in [0.25, 0.3) is 0 Å². The Kier molecular flexibility index (Phi) is 23.7. The van der Waals surface area contributed by atoms with E-state index in [1.54, 1.807) is 48.5 Å². The molecule has 11 nitrogen and oxygen atoms in total. The van der Waals surface area contributed by atoms with Crippen molar-refractivity contribution in [1.29, 1.82) is 0 Å². The van der Waals surface area contributed by atoms with Gasteiger partial charge < -0.3 is 35.1 Å². The largest absolute Gasteiger partial charge is 0.480 e. The summed E-state index contributed by atoms with van der Waals surface area (Å²) in [5.41, 5.74) is -1.19. The molecule has 11 heteroatoms. The van der Waals surface area contributed by atoms with Crippen LogP contribution in [0, 0.1) is 0 Å². The van der Waals surface area contributed by atoms with Crippen molar-refractivity contribution >= 4 is 24.1 Å². The van der Waals surface area contributed by atoms with Gasteiger partial charge in [0.15, 0.2) is 0 Å². The lowest BCUT2D eigenvalue weighted by Crippen LogP contribution is -2.42. The Hall–Kier alpha value is -3.08. The molecule has 0 unspecified atom stereocenters. The minimum absolute atomic E-state index is 0.313. The number of allylic oxidation sites excluding steroid dienone is 2.